The molecule has 3 rings (SSSR count). The molecule has 0 radical (unpaired) electrons. The van der Waals surface area contributed by atoms with Crippen LogP contribution in [0.2, 0.25) is 5.02 Å². The molecule has 168 valence electrons. The first-order chi connectivity index (χ1) is 15.2. The number of ether oxygens (including phenoxy) is 2. The highest BCUT2D eigenvalue weighted by Crippen LogP contribution is 2.30. The lowest BCUT2D eigenvalue weighted by molar-refractivity contribution is 0.0939. The van der Waals surface area contributed by atoms with E-state index in [0.717, 1.165) is 5.56 Å². The first-order valence-corrected chi connectivity index (χ1v) is 11.5. The van der Waals surface area contributed by atoms with Gasteiger partial charge < -0.3 is 14.8 Å². The zero-order valence-corrected chi connectivity index (χ0v) is 19.3. The summed E-state index contributed by atoms with van der Waals surface area (Å²) in [6.07, 6.45) is 0. The maximum atomic E-state index is 12.8. The average molecular weight is 475 g/mol. The van der Waals surface area contributed by atoms with Gasteiger partial charge in [-0.2, -0.15) is 0 Å². The lowest BCUT2D eigenvalue weighted by Crippen LogP contribution is -2.27. The Morgan fingerprint density at radius 1 is 0.969 bits per heavy atom. The highest BCUT2D eigenvalue weighted by atomic mass is 35.5. The molecule has 0 aliphatic carbocycles. The van der Waals surface area contributed by atoms with Crippen molar-refractivity contribution in [1.29, 1.82) is 0 Å². The fraction of sp³-hybridized carbons (Fsp3) is 0.174. The maximum absolute atomic E-state index is 12.8. The average Bonchev–Trinajstić information content (AvgIpc) is 2.78. The van der Waals surface area contributed by atoms with Crippen LogP contribution >= 0.6 is 11.6 Å². The van der Waals surface area contributed by atoms with E-state index in [2.05, 4.69) is 10.0 Å². The molecule has 0 aromatic heterocycles. The van der Waals surface area contributed by atoms with Crippen molar-refractivity contribution in [3.05, 3.63) is 82.9 Å². The standard InChI is InChI=1S/C23H23ClN2O5S/c1-15(20-14-17(30-2)10-12-22(20)31-3)25-23(27)19-11-9-16(13-21(19)24)26-32(28,29)18-7-5-4-6-8-18/h4-15,26H,1-3H3,(H,25,27)/t15-/m0/s1. The summed E-state index contributed by atoms with van der Waals surface area (Å²) in [6.45, 7) is 1.81. The second-order valence-electron chi connectivity index (χ2n) is 6.92. The molecule has 3 aromatic carbocycles. The van der Waals surface area contributed by atoms with Crippen molar-refractivity contribution in [3.8, 4) is 11.5 Å². The Hall–Kier alpha value is -3.23. The molecule has 0 fully saturated rings. The van der Waals surface area contributed by atoms with Gasteiger partial charge in [-0.3, -0.25) is 9.52 Å². The van der Waals surface area contributed by atoms with Gasteiger partial charge in [0, 0.05) is 5.56 Å². The molecule has 0 saturated carbocycles. The molecule has 0 spiro atoms. The third-order valence-electron chi connectivity index (χ3n) is 4.77. The molecule has 3 aromatic rings. The molecule has 2 N–H and O–H groups in total. The number of nitrogens with one attached hydrogen (secondary N) is 2. The smallest absolute Gasteiger partial charge is 0.261 e. The van der Waals surface area contributed by atoms with Gasteiger partial charge in [0.1, 0.15) is 11.5 Å². The molecule has 7 nitrogen and oxygen atoms in total. The van der Waals surface area contributed by atoms with Crippen LogP contribution < -0.4 is 19.5 Å². The minimum atomic E-state index is -3.77. The highest BCUT2D eigenvalue weighted by Gasteiger charge is 2.19. The summed E-state index contributed by atoms with van der Waals surface area (Å²) in [5.41, 5.74) is 1.20. The van der Waals surface area contributed by atoms with Gasteiger partial charge in [-0.05, 0) is 55.5 Å². The number of hydrogen-bond acceptors (Lipinski definition) is 5. The number of sulfonamides is 1. The largest absolute Gasteiger partial charge is 0.497 e. The highest BCUT2D eigenvalue weighted by molar-refractivity contribution is 7.92. The summed E-state index contributed by atoms with van der Waals surface area (Å²) in [5.74, 6) is 0.829. The first kappa shape index (κ1) is 23.4. The summed E-state index contributed by atoms with van der Waals surface area (Å²) in [4.78, 5) is 12.9. The molecule has 0 unspecified atom stereocenters. The third-order valence-corrected chi connectivity index (χ3v) is 6.48. The Labute approximate surface area is 192 Å². The molecule has 1 amide bonds. The molecular formula is C23H23ClN2O5S. The normalized spacial score (nSPS) is 12.0. The lowest BCUT2D eigenvalue weighted by atomic mass is 10.1. The van der Waals surface area contributed by atoms with E-state index in [0.29, 0.717) is 11.5 Å². The van der Waals surface area contributed by atoms with Crippen LogP contribution in [0.1, 0.15) is 28.9 Å². The van der Waals surface area contributed by atoms with E-state index in [1.54, 1.807) is 50.6 Å². The van der Waals surface area contributed by atoms with Gasteiger partial charge in [0.2, 0.25) is 0 Å². The number of carbonyl (C=O) groups is 1. The van der Waals surface area contributed by atoms with Crippen LogP contribution in [0.5, 0.6) is 11.5 Å². The van der Waals surface area contributed by atoms with Crippen molar-refractivity contribution in [1.82, 2.24) is 5.32 Å². The summed E-state index contributed by atoms with van der Waals surface area (Å²) in [5, 5.41) is 2.99. The van der Waals surface area contributed by atoms with E-state index in [4.69, 9.17) is 21.1 Å². The maximum Gasteiger partial charge on any atom is 0.261 e. The Balaban J connectivity index is 1.77. The van der Waals surface area contributed by atoms with Crippen LogP contribution in [0.4, 0.5) is 5.69 Å². The van der Waals surface area contributed by atoms with Crippen molar-refractivity contribution in [2.45, 2.75) is 17.9 Å². The number of methoxy groups -OCH3 is 2. The Morgan fingerprint density at radius 2 is 1.69 bits per heavy atom. The minimum absolute atomic E-state index is 0.112. The van der Waals surface area contributed by atoms with E-state index >= 15 is 0 Å². The summed E-state index contributed by atoms with van der Waals surface area (Å²) in [7, 11) is -0.662. The number of hydrogen-bond donors (Lipinski definition) is 2. The fourth-order valence-electron chi connectivity index (χ4n) is 3.11. The van der Waals surface area contributed by atoms with Gasteiger partial charge in [0.25, 0.3) is 15.9 Å². The van der Waals surface area contributed by atoms with Crippen LogP contribution in [0.15, 0.2) is 71.6 Å². The number of benzene rings is 3. The van der Waals surface area contributed by atoms with Crippen molar-refractivity contribution in [2.75, 3.05) is 18.9 Å². The Bertz CT molecular complexity index is 1220. The van der Waals surface area contributed by atoms with Crippen molar-refractivity contribution in [2.24, 2.45) is 0 Å². The fourth-order valence-corrected chi connectivity index (χ4v) is 4.44. The van der Waals surface area contributed by atoms with Crippen LogP contribution in [0.3, 0.4) is 0 Å². The van der Waals surface area contributed by atoms with Gasteiger partial charge in [-0.25, -0.2) is 8.42 Å². The lowest BCUT2D eigenvalue weighted by Gasteiger charge is -2.19. The zero-order valence-electron chi connectivity index (χ0n) is 17.8. The van der Waals surface area contributed by atoms with Crippen molar-refractivity contribution < 1.29 is 22.7 Å². The van der Waals surface area contributed by atoms with Crippen molar-refractivity contribution >= 4 is 33.2 Å². The molecular weight excluding hydrogens is 452 g/mol. The Morgan fingerprint density at radius 3 is 2.31 bits per heavy atom. The molecule has 0 bridgehead atoms. The number of amides is 1. The summed E-state index contributed by atoms with van der Waals surface area (Å²) >= 11 is 6.29. The molecule has 0 heterocycles. The van der Waals surface area contributed by atoms with E-state index in [-0.39, 0.29) is 21.2 Å². The molecule has 9 heteroatoms. The van der Waals surface area contributed by atoms with Gasteiger partial charge >= 0.3 is 0 Å². The number of halogens is 1. The topological polar surface area (TPSA) is 93.7 Å². The number of rotatable bonds is 8. The first-order valence-electron chi connectivity index (χ1n) is 9.65. The van der Waals surface area contributed by atoms with Crippen LogP contribution in [0, 0.1) is 0 Å². The minimum Gasteiger partial charge on any atom is -0.497 e. The van der Waals surface area contributed by atoms with Crippen LogP contribution in [-0.4, -0.2) is 28.5 Å². The van der Waals surface area contributed by atoms with Gasteiger partial charge in [-0.1, -0.05) is 29.8 Å². The van der Waals surface area contributed by atoms with Crippen LogP contribution in [0.25, 0.3) is 0 Å². The molecule has 1 atom stereocenters. The molecule has 32 heavy (non-hydrogen) atoms. The Kier molecular flexibility index (Phi) is 7.27. The monoisotopic (exact) mass is 474 g/mol. The van der Waals surface area contributed by atoms with E-state index in [1.807, 2.05) is 6.92 Å². The quantitative estimate of drug-likeness (QED) is 0.495. The second kappa shape index (κ2) is 9.93. The summed E-state index contributed by atoms with van der Waals surface area (Å²) < 4.78 is 38.1. The zero-order chi connectivity index (χ0) is 23.3. The van der Waals surface area contributed by atoms with E-state index < -0.39 is 22.0 Å². The van der Waals surface area contributed by atoms with Gasteiger partial charge in [0.15, 0.2) is 0 Å². The van der Waals surface area contributed by atoms with Gasteiger partial charge in [-0.15, -0.1) is 0 Å². The van der Waals surface area contributed by atoms with Gasteiger partial charge in [0.05, 0.1) is 41.4 Å². The number of anilines is 1. The van der Waals surface area contributed by atoms with Crippen molar-refractivity contribution in [3.63, 3.8) is 0 Å². The number of carbonyl (C=O) groups excluding carboxylic acids is 1. The molecule has 0 aliphatic heterocycles. The van der Waals surface area contributed by atoms with E-state index in [9.17, 15) is 13.2 Å². The predicted octanol–water partition coefficient (Wildman–Crippen LogP) is 4.65. The molecule has 0 saturated heterocycles. The SMILES string of the molecule is COc1ccc(OC)c([C@H](C)NC(=O)c2ccc(NS(=O)(=O)c3ccccc3)cc2Cl)c1. The molecule has 0 aliphatic rings. The third kappa shape index (κ3) is 5.33. The van der Waals surface area contributed by atoms with E-state index in [1.165, 1.54) is 30.3 Å². The predicted molar refractivity (Wildman–Crippen MR) is 124 cm³/mol. The second-order valence-corrected chi connectivity index (χ2v) is 9.01. The summed E-state index contributed by atoms with van der Waals surface area (Å²) in [6, 6.07) is 17.2. The van der Waals surface area contributed by atoms with Crippen LogP contribution in [-0.2, 0) is 10.0 Å².